The molecule has 116 valence electrons. The topological polar surface area (TPSA) is 128 Å². The van der Waals surface area contributed by atoms with Crippen molar-refractivity contribution in [3.8, 4) is 0 Å². The van der Waals surface area contributed by atoms with Crippen molar-refractivity contribution in [3.05, 3.63) is 0 Å². The fourth-order valence-corrected chi connectivity index (χ4v) is 2.15. The molecule has 2 amide bonds. The largest absolute Gasteiger partial charge is 0.394 e. The van der Waals surface area contributed by atoms with Crippen LogP contribution in [0.4, 0.5) is 0 Å². The molecule has 9 heteroatoms. The highest BCUT2D eigenvalue weighted by molar-refractivity contribution is 7.80. The Balaban J connectivity index is 2.59. The Morgan fingerprint density at radius 3 is 2.55 bits per heavy atom. The van der Waals surface area contributed by atoms with Crippen molar-refractivity contribution in [2.75, 3.05) is 19.0 Å². The number of nitrogens with one attached hydrogen (secondary N) is 2. The molecule has 0 saturated carbocycles. The monoisotopic (exact) mass is 308 g/mol. The van der Waals surface area contributed by atoms with Crippen molar-refractivity contribution < 1.29 is 29.6 Å². The van der Waals surface area contributed by atoms with Crippen molar-refractivity contribution >= 4 is 24.4 Å². The highest BCUT2D eigenvalue weighted by Gasteiger charge is 2.39. The van der Waals surface area contributed by atoms with Gasteiger partial charge in [0.2, 0.25) is 11.8 Å². The summed E-state index contributed by atoms with van der Waals surface area (Å²) in [6.07, 6.45) is -3.44. The molecule has 1 fully saturated rings. The first kappa shape index (κ1) is 17.2. The SMILES string of the molecule is CC(=O)NC(CS)C(=O)NC1COC(CO)C(O)C1O. The molecule has 0 bridgehead atoms. The van der Waals surface area contributed by atoms with Gasteiger partial charge in [-0.2, -0.15) is 12.6 Å². The lowest BCUT2D eigenvalue weighted by Crippen LogP contribution is -2.62. The summed E-state index contributed by atoms with van der Waals surface area (Å²) in [5.74, 6) is -0.811. The average Bonchev–Trinajstić information content (AvgIpc) is 2.41. The second-order valence-electron chi connectivity index (χ2n) is 4.59. The summed E-state index contributed by atoms with van der Waals surface area (Å²) in [4.78, 5) is 22.8. The molecule has 5 unspecified atom stereocenters. The van der Waals surface area contributed by atoms with Gasteiger partial charge in [-0.15, -0.1) is 0 Å². The van der Waals surface area contributed by atoms with Crippen LogP contribution in [0.1, 0.15) is 6.92 Å². The molecule has 5 N–H and O–H groups in total. The van der Waals surface area contributed by atoms with Crippen molar-refractivity contribution in [1.82, 2.24) is 10.6 Å². The van der Waals surface area contributed by atoms with Gasteiger partial charge in [-0.05, 0) is 0 Å². The lowest BCUT2D eigenvalue weighted by molar-refractivity contribution is -0.165. The van der Waals surface area contributed by atoms with Crippen LogP contribution >= 0.6 is 12.6 Å². The zero-order valence-electron chi connectivity index (χ0n) is 11.0. The number of rotatable bonds is 5. The molecule has 1 heterocycles. The van der Waals surface area contributed by atoms with Crippen molar-refractivity contribution in [2.45, 2.75) is 37.3 Å². The smallest absolute Gasteiger partial charge is 0.243 e. The van der Waals surface area contributed by atoms with Crippen LogP contribution in [-0.4, -0.2) is 76.5 Å². The fourth-order valence-electron chi connectivity index (χ4n) is 1.89. The summed E-state index contributed by atoms with van der Waals surface area (Å²) in [7, 11) is 0. The van der Waals surface area contributed by atoms with Crippen molar-refractivity contribution in [2.24, 2.45) is 0 Å². The third kappa shape index (κ3) is 4.32. The summed E-state index contributed by atoms with van der Waals surface area (Å²) in [5, 5.41) is 33.4. The third-order valence-electron chi connectivity index (χ3n) is 3.02. The van der Waals surface area contributed by atoms with E-state index in [1.54, 1.807) is 0 Å². The molecule has 1 aliphatic heterocycles. The zero-order chi connectivity index (χ0) is 15.3. The number of ether oxygens (including phenoxy) is 1. The molecule has 20 heavy (non-hydrogen) atoms. The summed E-state index contributed by atoms with van der Waals surface area (Å²) >= 11 is 3.97. The van der Waals surface area contributed by atoms with E-state index in [1.165, 1.54) is 6.92 Å². The van der Waals surface area contributed by atoms with Crippen molar-refractivity contribution in [3.63, 3.8) is 0 Å². The van der Waals surface area contributed by atoms with Gasteiger partial charge in [0.05, 0.1) is 19.3 Å². The van der Waals surface area contributed by atoms with E-state index in [9.17, 15) is 19.8 Å². The first-order valence-electron chi connectivity index (χ1n) is 6.17. The Morgan fingerprint density at radius 1 is 1.40 bits per heavy atom. The molecular weight excluding hydrogens is 288 g/mol. The van der Waals surface area contributed by atoms with Crippen LogP contribution in [0.25, 0.3) is 0 Å². The normalized spacial score (nSPS) is 31.4. The van der Waals surface area contributed by atoms with Gasteiger partial charge in [-0.3, -0.25) is 9.59 Å². The predicted octanol–water partition coefficient (Wildman–Crippen LogP) is -2.98. The minimum absolute atomic E-state index is 0.0471. The second-order valence-corrected chi connectivity index (χ2v) is 4.95. The Labute approximate surface area is 121 Å². The summed E-state index contributed by atoms with van der Waals surface area (Å²) in [6.45, 7) is 0.802. The van der Waals surface area contributed by atoms with Crippen LogP contribution in [0.15, 0.2) is 0 Å². The molecule has 5 atom stereocenters. The maximum absolute atomic E-state index is 11.9. The summed E-state index contributed by atoms with van der Waals surface area (Å²) in [6, 6.07) is -1.66. The summed E-state index contributed by atoms with van der Waals surface area (Å²) in [5.41, 5.74) is 0. The van der Waals surface area contributed by atoms with E-state index in [4.69, 9.17) is 9.84 Å². The Morgan fingerprint density at radius 2 is 2.05 bits per heavy atom. The second kappa shape index (κ2) is 7.79. The molecule has 1 aliphatic rings. The molecule has 1 rings (SSSR count). The van der Waals surface area contributed by atoms with Gasteiger partial charge in [-0.25, -0.2) is 0 Å². The molecule has 0 aromatic carbocycles. The van der Waals surface area contributed by atoms with Gasteiger partial charge >= 0.3 is 0 Å². The number of hydrogen-bond acceptors (Lipinski definition) is 7. The van der Waals surface area contributed by atoms with Crippen LogP contribution in [0.5, 0.6) is 0 Å². The Kier molecular flexibility index (Phi) is 6.69. The number of aliphatic hydroxyl groups is 3. The van der Waals surface area contributed by atoms with E-state index >= 15 is 0 Å². The molecule has 0 aromatic heterocycles. The lowest BCUT2D eigenvalue weighted by atomic mass is 9.98. The van der Waals surface area contributed by atoms with Crippen LogP contribution in [0.3, 0.4) is 0 Å². The Hall–Kier alpha value is -0.870. The summed E-state index contributed by atoms with van der Waals surface area (Å²) < 4.78 is 5.14. The van der Waals surface area contributed by atoms with E-state index in [0.29, 0.717) is 0 Å². The third-order valence-corrected chi connectivity index (χ3v) is 3.38. The standard InChI is InChI=1S/C11H20N2O6S/c1-5(15)12-7(4-20)11(18)13-6-3-19-8(2-14)10(17)9(6)16/h6-10,14,16-17,20H,2-4H2,1H3,(H,12,15)(H,13,18). The number of aliphatic hydroxyl groups excluding tert-OH is 3. The molecule has 0 aromatic rings. The number of carbonyl (C=O) groups is 2. The van der Waals surface area contributed by atoms with E-state index in [1.807, 2.05) is 0 Å². The number of hydrogen-bond donors (Lipinski definition) is 6. The quantitative estimate of drug-likeness (QED) is 0.301. The number of thiol groups is 1. The van der Waals surface area contributed by atoms with Gasteiger partial charge < -0.3 is 30.7 Å². The minimum Gasteiger partial charge on any atom is -0.394 e. The van der Waals surface area contributed by atoms with Gasteiger partial charge in [0.25, 0.3) is 0 Å². The molecular formula is C11H20N2O6S. The molecule has 0 radical (unpaired) electrons. The lowest BCUT2D eigenvalue weighted by Gasteiger charge is -2.37. The van der Waals surface area contributed by atoms with Crippen LogP contribution < -0.4 is 10.6 Å². The van der Waals surface area contributed by atoms with E-state index in [0.717, 1.165) is 0 Å². The highest BCUT2D eigenvalue weighted by atomic mass is 32.1. The van der Waals surface area contributed by atoms with Gasteiger partial charge in [0, 0.05) is 12.7 Å². The number of amides is 2. The predicted molar refractivity (Wildman–Crippen MR) is 72.2 cm³/mol. The molecule has 8 nitrogen and oxygen atoms in total. The van der Waals surface area contributed by atoms with E-state index in [-0.39, 0.29) is 18.3 Å². The van der Waals surface area contributed by atoms with E-state index in [2.05, 4.69) is 23.3 Å². The first-order chi connectivity index (χ1) is 9.40. The first-order valence-corrected chi connectivity index (χ1v) is 6.80. The highest BCUT2D eigenvalue weighted by Crippen LogP contribution is 2.15. The molecule has 0 spiro atoms. The zero-order valence-corrected chi connectivity index (χ0v) is 11.9. The minimum atomic E-state index is -1.30. The van der Waals surface area contributed by atoms with Gasteiger partial charge in [-0.1, -0.05) is 0 Å². The van der Waals surface area contributed by atoms with Gasteiger partial charge in [0.15, 0.2) is 0 Å². The van der Waals surface area contributed by atoms with Crippen molar-refractivity contribution in [1.29, 1.82) is 0 Å². The molecule has 0 aliphatic carbocycles. The maximum atomic E-state index is 11.9. The Bertz CT molecular complexity index is 356. The van der Waals surface area contributed by atoms with Crippen LogP contribution in [0.2, 0.25) is 0 Å². The average molecular weight is 308 g/mol. The maximum Gasteiger partial charge on any atom is 0.243 e. The van der Waals surface area contributed by atoms with Crippen LogP contribution in [-0.2, 0) is 14.3 Å². The number of carbonyl (C=O) groups excluding carboxylic acids is 2. The van der Waals surface area contributed by atoms with Gasteiger partial charge in [0.1, 0.15) is 24.4 Å². The van der Waals surface area contributed by atoms with Crippen LogP contribution in [0, 0.1) is 0 Å². The fraction of sp³-hybridized carbons (Fsp3) is 0.818. The molecule has 1 saturated heterocycles. The van der Waals surface area contributed by atoms with E-state index < -0.39 is 42.9 Å².